The first-order valence-electron chi connectivity index (χ1n) is 15.5. The molecule has 7 nitrogen and oxygen atoms in total. The Morgan fingerprint density at radius 3 is 2.23 bits per heavy atom. The third-order valence-corrected chi connectivity index (χ3v) is 7.61. The second-order valence-corrected chi connectivity index (χ2v) is 11.6. The summed E-state index contributed by atoms with van der Waals surface area (Å²) in [7, 11) is 0. The summed E-state index contributed by atoms with van der Waals surface area (Å²) in [6.45, 7) is 11.5. The molecule has 230 valence electrons. The van der Waals surface area contributed by atoms with Crippen molar-refractivity contribution >= 4 is 17.1 Å². The van der Waals surface area contributed by atoms with Crippen LogP contribution in [0.1, 0.15) is 78.8 Å². The van der Waals surface area contributed by atoms with Gasteiger partial charge < -0.3 is 19.7 Å². The third kappa shape index (κ3) is 9.09. The van der Waals surface area contributed by atoms with E-state index in [9.17, 15) is 10.2 Å². The van der Waals surface area contributed by atoms with E-state index >= 15 is 0 Å². The Hall–Kier alpha value is -3.81. The summed E-state index contributed by atoms with van der Waals surface area (Å²) in [5.74, 6) is 0.513. The molecule has 1 atom stereocenters. The van der Waals surface area contributed by atoms with Crippen LogP contribution in [0.5, 0.6) is 11.5 Å². The first-order valence-corrected chi connectivity index (χ1v) is 15.5. The van der Waals surface area contributed by atoms with Crippen LogP contribution in [-0.2, 0) is 4.74 Å². The number of aliphatic hydroxyl groups excluding tert-OH is 1. The Balaban J connectivity index is 1.45. The monoisotopic (exact) mass is 585 g/mol. The van der Waals surface area contributed by atoms with Crippen molar-refractivity contribution in [1.82, 2.24) is 5.43 Å². The number of anilines is 1. The quantitative estimate of drug-likeness (QED) is 0.160. The Bertz CT molecular complexity index is 1430. The molecular weight excluding hydrogens is 538 g/mol. The standard InChI is InChI=1S/C36H47N3O4/c1-6-7-8-9-10-11-18-42-23-29(40)24-43-30-14-16-32(36(41)21-30)34-22-33(31-15-12-25(2)19-27(31)4)37-39(38-34)35-17-13-26(3)20-28(35)5/h12-17,19-22,29,37,40-41H,6-11,18,23-24H2,1-5H3. The molecule has 0 aromatic heterocycles. The topological polar surface area (TPSA) is 86.5 Å². The van der Waals surface area contributed by atoms with Crippen LogP contribution in [0.15, 0.2) is 65.8 Å². The zero-order chi connectivity index (χ0) is 30.8. The molecular formula is C36H47N3O4. The Kier molecular flexibility index (Phi) is 11.6. The molecule has 0 radical (unpaired) electrons. The van der Waals surface area contributed by atoms with Gasteiger partial charge in [0, 0.05) is 23.8 Å². The van der Waals surface area contributed by atoms with Crippen LogP contribution >= 0.6 is 0 Å². The number of aromatic hydroxyl groups is 1. The summed E-state index contributed by atoms with van der Waals surface area (Å²) in [5, 5.41) is 28.0. The van der Waals surface area contributed by atoms with Gasteiger partial charge in [-0.2, -0.15) is 10.2 Å². The number of aryl methyl sites for hydroxylation is 4. The fourth-order valence-corrected chi connectivity index (χ4v) is 5.25. The number of nitrogens with zero attached hydrogens (tertiary/aromatic N) is 2. The van der Waals surface area contributed by atoms with Crippen LogP contribution in [0.25, 0.3) is 5.70 Å². The van der Waals surface area contributed by atoms with Crippen LogP contribution in [0.3, 0.4) is 0 Å². The number of phenolic OH excluding ortho intramolecular Hbond substituents is 1. The summed E-state index contributed by atoms with van der Waals surface area (Å²) < 4.78 is 11.4. The number of aliphatic hydroxyl groups is 1. The van der Waals surface area contributed by atoms with Gasteiger partial charge in [0.15, 0.2) is 0 Å². The fraction of sp³-hybridized carbons (Fsp3) is 0.417. The predicted octanol–water partition coefficient (Wildman–Crippen LogP) is 7.51. The highest BCUT2D eigenvalue weighted by Crippen LogP contribution is 2.31. The first kappa shape index (κ1) is 32.1. The highest BCUT2D eigenvalue weighted by Gasteiger charge is 2.21. The van der Waals surface area contributed by atoms with Crippen LogP contribution < -0.4 is 15.3 Å². The van der Waals surface area contributed by atoms with Gasteiger partial charge in [-0.3, -0.25) is 5.43 Å². The zero-order valence-electron chi connectivity index (χ0n) is 26.3. The highest BCUT2D eigenvalue weighted by molar-refractivity contribution is 6.15. The van der Waals surface area contributed by atoms with Gasteiger partial charge in [0.2, 0.25) is 0 Å². The van der Waals surface area contributed by atoms with Crippen LogP contribution in [0.4, 0.5) is 5.69 Å². The van der Waals surface area contributed by atoms with Gasteiger partial charge in [-0.1, -0.05) is 80.5 Å². The number of hydrazine groups is 1. The molecule has 7 heteroatoms. The summed E-state index contributed by atoms with van der Waals surface area (Å²) in [6.07, 6.45) is 8.41. The lowest BCUT2D eigenvalue weighted by molar-refractivity contribution is 0.0109. The number of rotatable bonds is 15. The summed E-state index contributed by atoms with van der Waals surface area (Å²) in [6, 6.07) is 17.7. The molecule has 1 heterocycles. The summed E-state index contributed by atoms with van der Waals surface area (Å²) in [5.41, 5.74) is 12.1. The normalized spacial score (nSPS) is 13.8. The number of unbranched alkanes of at least 4 members (excludes halogenated alkanes) is 5. The Morgan fingerprint density at radius 1 is 0.814 bits per heavy atom. The van der Waals surface area contributed by atoms with E-state index in [-0.39, 0.29) is 19.0 Å². The maximum Gasteiger partial charge on any atom is 0.128 e. The van der Waals surface area contributed by atoms with E-state index in [1.54, 1.807) is 23.3 Å². The van der Waals surface area contributed by atoms with E-state index in [0.717, 1.165) is 40.9 Å². The maximum atomic E-state index is 11.1. The molecule has 0 amide bonds. The van der Waals surface area contributed by atoms with Crippen LogP contribution in [0, 0.1) is 27.7 Å². The van der Waals surface area contributed by atoms with Crippen LogP contribution in [0.2, 0.25) is 0 Å². The molecule has 43 heavy (non-hydrogen) atoms. The fourth-order valence-electron chi connectivity index (χ4n) is 5.25. The number of hydrogen-bond acceptors (Lipinski definition) is 7. The molecule has 3 aromatic rings. The van der Waals surface area contributed by atoms with Crippen molar-refractivity contribution in [3.05, 3.63) is 94.1 Å². The average molecular weight is 586 g/mol. The van der Waals surface area contributed by atoms with Crippen molar-refractivity contribution in [3.8, 4) is 11.5 Å². The Morgan fingerprint density at radius 2 is 1.51 bits per heavy atom. The molecule has 0 aliphatic carbocycles. The van der Waals surface area contributed by atoms with E-state index in [0.29, 0.717) is 23.6 Å². The summed E-state index contributed by atoms with van der Waals surface area (Å²) in [4.78, 5) is 0. The van der Waals surface area contributed by atoms with Crippen LogP contribution in [-0.4, -0.2) is 41.8 Å². The molecule has 3 aromatic carbocycles. The van der Waals surface area contributed by atoms with Gasteiger partial charge in [-0.15, -0.1) is 0 Å². The summed E-state index contributed by atoms with van der Waals surface area (Å²) >= 11 is 0. The lowest BCUT2D eigenvalue weighted by atomic mass is 10.00. The molecule has 0 fully saturated rings. The van der Waals surface area contributed by atoms with E-state index in [2.05, 4.69) is 70.4 Å². The van der Waals surface area contributed by atoms with E-state index < -0.39 is 6.10 Å². The Labute approximate surface area is 256 Å². The van der Waals surface area contributed by atoms with Gasteiger partial charge in [0.25, 0.3) is 0 Å². The van der Waals surface area contributed by atoms with E-state index in [1.165, 1.54) is 36.8 Å². The van der Waals surface area contributed by atoms with Crippen molar-refractivity contribution < 1.29 is 19.7 Å². The lowest BCUT2D eigenvalue weighted by Gasteiger charge is -2.29. The van der Waals surface area contributed by atoms with E-state index in [1.807, 2.05) is 12.1 Å². The molecule has 0 bridgehead atoms. The highest BCUT2D eigenvalue weighted by atomic mass is 16.5. The van der Waals surface area contributed by atoms with Gasteiger partial charge in [0.1, 0.15) is 24.2 Å². The minimum atomic E-state index is -0.745. The number of nitrogens with one attached hydrogen (secondary N) is 1. The largest absolute Gasteiger partial charge is 0.507 e. The van der Waals surface area contributed by atoms with Crippen molar-refractivity contribution in [2.75, 3.05) is 24.9 Å². The molecule has 1 aliphatic rings. The predicted molar refractivity (Wildman–Crippen MR) is 176 cm³/mol. The molecule has 0 spiro atoms. The minimum Gasteiger partial charge on any atom is -0.507 e. The van der Waals surface area contributed by atoms with Gasteiger partial charge in [-0.05, 0) is 69.5 Å². The third-order valence-electron chi connectivity index (χ3n) is 7.61. The molecule has 0 saturated carbocycles. The van der Waals surface area contributed by atoms with Crippen molar-refractivity contribution in [1.29, 1.82) is 0 Å². The van der Waals surface area contributed by atoms with Crippen molar-refractivity contribution in [2.24, 2.45) is 5.10 Å². The van der Waals surface area contributed by atoms with Crippen molar-refractivity contribution in [2.45, 2.75) is 79.2 Å². The average Bonchev–Trinajstić information content (AvgIpc) is 2.97. The minimum absolute atomic E-state index is 0.0452. The van der Waals surface area contributed by atoms with Crippen molar-refractivity contribution in [3.63, 3.8) is 0 Å². The number of ether oxygens (including phenoxy) is 2. The number of hydrogen-bond donors (Lipinski definition) is 3. The molecule has 1 unspecified atom stereocenters. The molecule has 3 N–H and O–H groups in total. The second kappa shape index (κ2) is 15.6. The number of hydrazone groups is 1. The van der Waals surface area contributed by atoms with Gasteiger partial charge >= 0.3 is 0 Å². The number of allylic oxidation sites excluding steroid dienone is 1. The molecule has 0 saturated heterocycles. The lowest BCUT2D eigenvalue weighted by Crippen LogP contribution is -2.37. The number of benzene rings is 3. The maximum absolute atomic E-state index is 11.1. The smallest absolute Gasteiger partial charge is 0.128 e. The first-order chi connectivity index (χ1) is 20.7. The SMILES string of the molecule is CCCCCCCCOCC(O)COc1ccc(C2=NN(c3ccc(C)cc3C)NC(c3ccc(C)cc3C)=C2)c(O)c1. The zero-order valence-corrected chi connectivity index (χ0v) is 26.3. The number of phenols is 1. The molecule has 4 rings (SSSR count). The molecule has 1 aliphatic heterocycles. The van der Waals surface area contributed by atoms with E-state index in [4.69, 9.17) is 14.6 Å². The van der Waals surface area contributed by atoms with Gasteiger partial charge in [-0.25, -0.2) is 0 Å². The van der Waals surface area contributed by atoms with Gasteiger partial charge in [0.05, 0.1) is 23.7 Å². The second-order valence-electron chi connectivity index (χ2n) is 11.6.